The zero-order chi connectivity index (χ0) is 22.3. The molecule has 0 fully saturated rings. The largest absolute Gasteiger partial charge is 0.337 e. The van der Waals surface area contributed by atoms with Crippen LogP contribution in [0.1, 0.15) is 5.82 Å². The van der Waals surface area contributed by atoms with Crippen LogP contribution in [0.5, 0.6) is 0 Å². The average Bonchev–Trinajstić information content (AvgIpc) is 3.19. The van der Waals surface area contributed by atoms with E-state index in [1.807, 2.05) is 0 Å². The second kappa shape index (κ2) is 7.52. The van der Waals surface area contributed by atoms with E-state index < -0.39 is 17.1 Å². The smallest absolute Gasteiger partial charge is 0.279 e. The van der Waals surface area contributed by atoms with E-state index in [4.69, 9.17) is 0 Å². The van der Waals surface area contributed by atoms with Gasteiger partial charge in [0.05, 0.1) is 30.5 Å². The lowest BCUT2D eigenvalue weighted by atomic mass is 10.2. The molecule has 4 aromatic rings. The van der Waals surface area contributed by atoms with Gasteiger partial charge in [-0.25, -0.2) is 28.1 Å². The first-order valence-corrected chi connectivity index (χ1v) is 9.38. The molecule has 0 radical (unpaired) electrons. The van der Waals surface area contributed by atoms with E-state index in [0.29, 0.717) is 10.9 Å². The molecule has 1 aromatic carbocycles. The summed E-state index contributed by atoms with van der Waals surface area (Å²) in [7, 11) is 1.57. The van der Waals surface area contributed by atoms with E-state index in [2.05, 4.69) is 23.4 Å². The van der Waals surface area contributed by atoms with Gasteiger partial charge in [0.1, 0.15) is 0 Å². The number of hydrogen-bond donors (Lipinski definition) is 0. The summed E-state index contributed by atoms with van der Waals surface area (Å²) in [6.45, 7) is 6.74. The molecular weight excluding hydrogens is 402 g/mol. The van der Waals surface area contributed by atoms with Gasteiger partial charge in [-0.05, 0) is 12.1 Å². The van der Waals surface area contributed by atoms with Crippen LogP contribution in [0.25, 0.3) is 16.7 Å². The lowest BCUT2D eigenvalue weighted by molar-refractivity contribution is 0.491. The van der Waals surface area contributed by atoms with Crippen LogP contribution < -0.4 is 22.6 Å². The van der Waals surface area contributed by atoms with E-state index in [0.717, 1.165) is 13.7 Å². The Balaban J connectivity index is 2.03. The fourth-order valence-electron chi connectivity index (χ4n) is 3.52. The Morgan fingerprint density at radius 3 is 2.06 bits per heavy atom. The van der Waals surface area contributed by atoms with E-state index in [9.17, 15) is 19.2 Å². The number of allylic oxidation sites excluding steroid dienone is 2. The van der Waals surface area contributed by atoms with Gasteiger partial charge in [0.25, 0.3) is 5.56 Å². The predicted molar refractivity (Wildman–Crippen MR) is 114 cm³/mol. The van der Waals surface area contributed by atoms with Crippen molar-refractivity contribution in [3.8, 4) is 0 Å². The molecule has 0 saturated carbocycles. The lowest BCUT2D eigenvalue weighted by Crippen LogP contribution is -2.54. The first-order chi connectivity index (χ1) is 14.9. The van der Waals surface area contributed by atoms with Crippen molar-refractivity contribution in [1.29, 1.82) is 0 Å². The summed E-state index contributed by atoms with van der Waals surface area (Å²) in [4.78, 5) is 51.0. The highest BCUT2D eigenvalue weighted by molar-refractivity contribution is 5.80. The number of aryl methyl sites for hydroxylation is 1. The first kappa shape index (κ1) is 20.0. The summed E-state index contributed by atoms with van der Waals surface area (Å²) in [5, 5.41) is 8.62. The zero-order valence-electron chi connectivity index (χ0n) is 16.8. The molecule has 11 nitrogen and oxygen atoms in total. The molecule has 158 valence electrons. The van der Waals surface area contributed by atoms with Crippen LogP contribution in [0.4, 0.5) is 0 Å². The van der Waals surface area contributed by atoms with Crippen molar-refractivity contribution >= 4 is 16.7 Å². The minimum atomic E-state index is -0.791. The highest BCUT2D eigenvalue weighted by Crippen LogP contribution is 2.14. The Bertz CT molecular complexity index is 1550. The molecule has 0 aliphatic carbocycles. The summed E-state index contributed by atoms with van der Waals surface area (Å²) >= 11 is 0. The highest BCUT2D eigenvalue weighted by Gasteiger charge is 2.19. The van der Waals surface area contributed by atoms with Gasteiger partial charge in [0, 0.05) is 7.05 Å². The van der Waals surface area contributed by atoms with Crippen LogP contribution in [0.2, 0.25) is 0 Å². The third-order valence-electron chi connectivity index (χ3n) is 5.00. The minimum absolute atomic E-state index is 0.0624. The van der Waals surface area contributed by atoms with Crippen molar-refractivity contribution in [2.45, 2.75) is 19.6 Å². The molecule has 0 unspecified atom stereocenters. The number of nitrogens with zero attached hydrogens (tertiary/aromatic N) is 7. The van der Waals surface area contributed by atoms with Crippen molar-refractivity contribution in [2.24, 2.45) is 7.05 Å². The molecule has 3 aromatic heterocycles. The Morgan fingerprint density at radius 1 is 0.871 bits per heavy atom. The molecule has 0 saturated heterocycles. The van der Waals surface area contributed by atoms with Crippen LogP contribution in [-0.2, 0) is 26.7 Å². The summed E-state index contributed by atoms with van der Waals surface area (Å²) in [5.41, 5.74) is -2.03. The van der Waals surface area contributed by atoms with Gasteiger partial charge in [0.2, 0.25) is 5.78 Å². The Hall–Kier alpha value is -4.28. The van der Waals surface area contributed by atoms with E-state index >= 15 is 0 Å². The number of benzene rings is 1. The normalized spacial score (nSPS) is 11.3. The monoisotopic (exact) mass is 421 g/mol. The molecule has 0 N–H and O–H groups in total. The van der Waals surface area contributed by atoms with Crippen molar-refractivity contribution in [3.63, 3.8) is 0 Å². The first-order valence-electron chi connectivity index (χ1n) is 9.38. The van der Waals surface area contributed by atoms with Gasteiger partial charge >= 0.3 is 17.1 Å². The molecular formula is C20H19N7O4. The maximum Gasteiger partial charge on any atom is 0.337 e. The van der Waals surface area contributed by atoms with Crippen molar-refractivity contribution < 1.29 is 0 Å². The average molecular weight is 421 g/mol. The van der Waals surface area contributed by atoms with Crippen LogP contribution in [0.3, 0.4) is 0 Å². The fraction of sp³-hybridized carbons (Fsp3) is 0.200. The van der Waals surface area contributed by atoms with Crippen LogP contribution in [0, 0.1) is 0 Å². The third-order valence-corrected chi connectivity index (χ3v) is 5.00. The molecule has 3 heterocycles. The van der Waals surface area contributed by atoms with E-state index in [1.54, 1.807) is 35.7 Å². The van der Waals surface area contributed by atoms with Gasteiger partial charge in [-0.15, -0.1) is 23.4 Å². The SMILES string of the molecule is C=CCn1c(=O)n(CC=C)c(=O)n(Cc2nnc3n(C)c(=O)c4ccccc4n23)c1=O. The third kappa shape index (κ3) is 2.98. The predicted octanol–water partition coefficient (Wildman–Crippen LogP) is -0.513. The van der Waals surface area contributed by atoms with Crippen molar-refractivity contribution in [2.75, 3.05) is 0 Å². The Labute approximate surface area is 174 Å². The Morgan fingerprint density at radius 2 is 1.45 bits per heavy atom. The number of rotatable bonds is 6. The Kier molecular flexibility index (Phi) is 4.85. The number of fused-ring (bicyclic) bond motifs is 3. The van der Waals surface area contributed by atoms with Gasteiger partial charge in [-0.1, -0.05) is 24.3 Å². The van der Waals surface area contributed by atoms with Gasteiger partial charge in [0.15, 0.2) is 5.82 Å². The number of aromatic nitrogens is 7. The van der Waals surface area contributed by atoms with Crippen molar-refractivity contribution in [3.05, 3.63) is 97.2 Å². The molecule has 0 spiro atoms. The maximum atomic E-state index is 12.9. The summed E-state index contributed by atoms with van der Waals surface area (Å²) in [6, 6.07) is 6.91. The summed E-state index contributed by atoms with van der Waals surface area (Å²) < 4.78 is 5.69. The molecule has 31 heavy (non-hydrogen) atoms. The molecule has 11 heteroatoms. The molecule has 4 rings (SSSR count). The quantitative estimate of drug-likeness (QED) is 0.387. The van der Waals surface area contributed by atoms with E-state index in [1.165, 1.54) is 16.7 Å². The molecule has 0 aliphatic heterocycles. The second-order valence-corrected chi connectivity index (χ2v) is 6.87. The van der Waals surface area contributed by atoms with Gasteiger partial charge < -0.3 is 0 Å². The summed E-state index contributed by atoms with van der Waals surface area (Å²) in [5.74, 6) is 0.521. The van der Waals surface area contributed by atoms with Crippen LogP contribution in [-0.4, -0.2) is 32.9 Å². The molecule has 0 bridgehead atoms. The molecule has 0 amide bonds. The standard InChI is InChI=1S/C20H19N7O4/c1-4-10-24-18(29)25(11-5-2)20(31)26(19(24)30)12-15-21-22-17-23(3)16(28)13-8-6-7-9-14(13)27(15)17/h4-9H,1-2,10-12H2,3H3. The minimum Gasteiger partial charge on any atom is -0.279 e. The fourth-order valence-corrected chi connectivity index (χ4v) is 3.52. The molecule has 0 aliphatic rings. The lowest BCUT2D eigenvalue weighted by Gasteiger charge is -2.12. The maximum absolute atomic E-state index is 12.9. The number of hydrogen-bond acceptors (Lipinski definition) is 6. The van der Waals surface area contributed by atoms with Crippen LogP contribution >= 0.6 is 0 Å². The van der Waals surface area contributed by atoms with Gasteiger partial charge in [-0.3, -0.25) is 13.8 Å². The van der Waals surface area contributed by atoms with E-state index in [-0.39, 0.29) is 36.8 Å². The number of para-hydroxylation sites is 1. The summed E-state index contributed by atoms with van der Waals surface area (Å²) in [6.07, 6.45) is 2.79. The van der Waals surface area contributed by atoms with Crippen molar-refractivity contribution in [1.82, 2.24) is 32.9 Å². The van der Waals surface area contributed by atoms with Gasteiger partial charge in [-0.2, -0.15) is 0 Å². The van der Waals surface area contributed by atoms with Crippen LogP contribution in [0.15, 0.2) is 68.8 Å². The zero-order valence-corrected chi connectivity index (χ0v) is 16.8. The second-order valence-electron chi connectivity index (χ2n) is 6.87. The highest BCUT2D eigenvalue weighted by atomic mass is 16.2. The molecule has 0 atom stereocenters. The topological polar surface area (TPSA) is 118 Å².